The first-order chi connectivity index (χ1) is 12.5. The summed E-state index contributed by atoms with van der Waals surface area (Å²) in [7, 11) is 0. The van der Waals surface area contributed by atoms with Gasteiger partial charge in [0.1, 0.15) is 0 Å². The van der Waals surface area contributed by atoms with E-state index in [9.17, 15) is 0 Å². The maximum absolute atomic E-state index is 8.70. The Morgan fingerprint density at radius 3 is 1.95 bits per heavy atom. The highest BCUT2D eigenvalue weighted by molar-refractivity contribution is 4.96. The quantitative estimate of drug-likeness (QED) is 0.343. The Kier molecular flexibility index (Phi) is 7.65. The molecule has 0 amide bonds. The fraction of sp³-hybridized carbons (Fsp3) is 0.667. The first-order valence-electron chi connectivity index (χ1n) is 11.1. The average molecular weight is 273 g/mol. The molecule has 0 rings (SSSR count). The van der Waals surface area contributed by atoms with Crippen LogP contribution in [0, 0.1) is 0 Å². The number of allylic oxidation sites excluding steroid dienone is 6. The van der Waals surface area contributed by atoms with Crippen LogP contribution in [0.5, 0.6) is 0 Å². The van der Waals surface area contributed by atoms with Gasteiger partial charge in [0.2, 0.25) is 0 Å². The van der Waals surface area contributed by atoms with Crippen molar-refractivity contribution in [1.82, 2.24) is 0 Å². The van der Waals surface area contributed by atoms with Crippen molar-refractivity contribution in [2.24, 2.45) is 0 Å². The Morgan fingerprint density at radius 2 is 1.32 bits per heavy atom. The van der Waals surface area contributed by atoms with Crippen LogP contribution in [0.2, 0.25) is 0 Å². The van der Waals surface area contributed by atoms with Crippen molar-refractivity contribution in [1.29, 1.82) is 0 Å². The molecule has 0 unspecified atom stereocenters. The molecule has 0 aliphatic rings. The number of hydrogen-bond acceptors (Lipinski definition) is 1. The Morgan fingerprint density at radius 1 is 0.789 bits per heavy atom. The second kappa shape index (κ2) is 17.2. The van der Waals surface area contributed by atoms with Gasteiger partial charge in [-0.3, -0.25) is 0 Å². The van der Waals surface area contributed by atoms with Gasteiger partial charge < -0.3 is 5.11 Å². The van der Waals surface area contributed by atoms with Crippen LogP contribution in [0.4, 0.5) is 0 Å². The highest BCUT2D eigenvalue weighted by atomic mass is 16.2. The molecule has 0 aliphatic heterocycles. The molecule has 0 heterocycles. The predicted molar refractivity (Wildman–Crippen MR) is 86.3 cm³/mol. The molecule has 0 spiro atoms. The van der Waals surface area contributed by atoms with Crippen molar-refractivity contribution in [3.8, 4) is 0 Å². The van der Waals surface area contributed by atoms with E-state index in [1.165, 1.54) is 6.92 Å². The van der Waals surface area contributed by atoms with Crippen molar-refractivity contribution >= 4 is 0 Å². The normalized spacial score (nSPS) is 22.2. The van der Waals surface area contributed by atoms with Gasteiger partial charge in [0.15, 0.2) is 0 Å². The summed E-state index contributed by atoms with van der Waals surface area (Å²) in [5.41, 5.74) is 0. The van der Waals surface area contributed by atoms with Crippen LogP contribution in [0.1, 0.15) is 82.1 Å². The molecule has 0 saturated carbocycles. The molecule has 0 fully saturated rings. The second-order valence-electron chi connectivity index (χ2n) is 4.21. The lowest BCUT2D eigenvalue weighted by molar-refractivity contribution is 0.282. The molecule has 1 nitrogen and oxygen atoms in total. The zero-order valence-electron chi connectivity index (χ0n) is 20.0. The van der Waals surface area contributed by atoms with Crippen LogP contribution in [0.3, 0.4) is 0 Å². The van der Waals surface area contributed by atoms with Gasteiger partial charge in [-0.1, -0.05) is 68.9 Å². The maximum atomic E-state index is 8.70. The molecule has 110 valence electrons. The zero-order chi connectivity index (χ0) is 21.0. The summed E-state index contributed by atoms with van der Waals surface area (Å²) in [6.07, 6.45) is 3.63. The molecule has 1 heteroatoms. The Labute approximate surface area is 131 Å². The number of aliphatic hydroxyl groups is 1. The van der Waals surface area contributed by atoms with Gasteiger partial charge in [-0.2, -0.15) is 0 Å². The van der Waals surface area contributed by atoms with Crippen LogP contribution < -0.4 is 0 Å². The standard InChI is InChI=1S/C18H32O/c1-2-3-4-5-6-7-8-9-10-11-12-13-14-15-16-17-18-19/h3-4,6-7,9-10,19H,2,5,8,11-18H2,1H3/b4-3-,7-6-,10-9-/i2D2,3D,4D,6D,7D,9D,10D. The number of hydrogen-bond donors (Lipinski definition) is 1. The summed E-state index contributed by atoms with van der Waals surface area (Å²) in [6, 6.07) is -1.13. The summed E-state index contributed by atoms with van der Waals surface area (Å²) in [6.45, 7) is 1.39. The summed E-state index contributed by atoms with van der Waals surface area (Å²) in [4.78, 5) is 0. The van der Waals surface area contributed by atoms with Crippen molar-refractivity contribution < 1.29 is 16.1 Å². The Hall–Kier alpha value is -0.820. The molecule has 0 aromatic rings. The summed E-state index contributed by atoms with van der Waals surface area (Å²) >= 11 is 0. The van der Waals surface area contributed by atoms with Gasteiger partial charge in [0.05, 0.1) is 8.22 Å². The summed E-state index contributed by atoms with van der Waals surface area (Å²) < 4.78 is 61.7. The van der Waals surface area contributed by atoms with Crippen LogP contribution in [0.25, 0.3) is 0 Å². The molecular formula is C18H32O. The lowest BCUT2D eigenvalue weighted by atomic mass is 10.1. The van der Waals surface area contributed by atoms with Gasteiger partial charge in [-0.15, -0.1) is 0 Å². The van der Waals surface area contributed by atoms with Crippen molar-refractivity contribution in [2.75, 3.05) is 6.61 Å². The van der Waals surface area contributed by atoms with Crippen LogP contribution in [-0.2, 0) is 0 Å². The molecule has 1 N–H and O–H groups in total. The third kappa shape index (κ3) is 17.2. The fourth-order valence-corrected chi connectivity index (χ4v) is 1.53. The minimum atomic E-state index is -1.97. The molecule has 19 heavy (non-hydrogen) atoms. The summed E-state index contributed by atoms with van der Waals surface area (Å²) in [5.74, 6) is 0. The smallest absolute Gasteiger partial charge is 0.0576 e. The number of unbranched alkanes of at least 4 members (excludes halogenated alkanes) is 5. The number of rotatable bonds is 13. The Bertz CT molecular complexity index is 546. The first kappa shape index (κ1) is 8.46. The fourth-order valence-electron chi connectivity index (χ4n) is 1.53. The topological polar surface area (TPSA) is 20.2 Å². The van der Waals surface area contributed by atoms with Gasteiger partial charge in [0, 0.05) is 9.35 Å². The van der Waals surface area contributed by atoms with Gasteiger partial charge in [0.25, 0.3) is 0 Å². The average Bonchev–Trinajstić information content (AvgIpc) is 2.58. The van der Waals surface area contributed by atoms with E-state index in [1.807, 2.05) is 0 Å². The van der Waals surface area contributed by atoms with E-state index in [4.69, 9.17) is 16.1 Å². The van der Waals surface area contributed by atoms with E-state index in [0.29, 0.717) is 6.42 Å². The van der Waals surface area contributed by atoms with Crippen LogP contribution in [-0.4, -0.2) is 11.7 Å². The molecule has 0 aromatic carbocycles. The van der Waals surface area contributed by atoms with E-state index in [1.54, 1.807) is 0 Å². The van der Waals surface area contributed by atoms with Gasteiger partial charge >= 0.3 is 0 Å². The predicted octanol–water partition coefficient (Wildman–Crippen LogP) is 5.57. The third-order valence-corrected chi connectivity index (χ3v) is 2.53. The lowest BCUT2D eigenvalue weighted by Gasteiger charge is -1.98. The van der Waals surface area contributed by atoms with Crippen molar-refractivity contribution in [3.05, 3.63) is 36.3 Å². The zero-order valence-corrected chi connectivity index (χ0v) is 12.0. The summed E-state index contributed by atoms with van der Waals surface area (Å²) in [5, 5.41) is 8.70. The van der Waals surface area contributed by atoms with E-state index in [2.05, 4.69) is 0 Å². The maximum Gasteiger partial charge on any atom is 0.0576 e. The largest absolute Gasteiger partial charge is 0.396 e. The molecule has 0 atom stereocenters. The second-order valence-corrected chi connectivity index (χ2v) is 4.21. The van der Waals surface area contributed by atoms with Crippen LogP contribution in [0.15, 0.2) is 36.3 Å². The highest BCUT2D eigenvalue weighted by Crippen LogP contribution is 2.07. The molecule has 0 radical (unpaired) electrons. The van der Waals surface area contributed by atoms with E-state index >= 15 is 0 Å². The SMILES string of the molecule is [2H]/C(CCCCCCCCO)=C(\[2H])C/C([2H])=C(/[2H])C/C([2H])=C(/[2H])C([2H])([2H])C. The molecule has 0 saturated heterocycles. The Balaban J connectivity index is 4.60. The molecule has 0 bridgehead atoms. The van der Waals surface area contributed by atoms with E-state index < -0.39 is 12.4 Å². The minimum Gasteiger partial charge on any atom is -0.396 e. The molecule has 0 aliphatic carbocycles. The van der Waals surface area contributed by atoms with Crippen LogP contribution >= 0.6 is 0 Å². The molecular weight excluding hydrogens is 232 g/mol. The number of aliphatic hydroxyl groups excluding tert-OH is 1. The first-order valence-corrected chi connectivity index (χ1v) is 7.08. The minimum absolute atomic E-state index is 0.0162. The van der Waals surface area contributed by atoms with Crippen molar-refractivity contribution in [3.63, 3.8) is 0 Å². The van der Waals surface area contributed by atoms with Gasteiger partial charge in [-0.25, -0.2) is 0 Å². The van der Waals surface area contributed by atoms with E-state index in [0.717, 1.165) is 38.5 Å². The van der Waals surface area contributed by atoms with E-state index in [-0.39, 0.29) is 49.7 Å². The lowest BCUT2D eigenvalue weighted by Crippen LogP contribution is -1.83. The van der Waals surface area contributed by atoms with Crippen molar-refractivity contribution in [2.45, 2.75) is 71.1 Å². The van der Waals surface area contributed by atoms with Gasteiger partial charge in [-0.05, 0) is 38.5 Å². The highest BCUT2D eigenvalue weighted by Gasteiger charge is 1.89. The molecule has 0 aromatic heterocycles. The third-order valence-electron chi connectivity index (χ3n) is 2.53. The monoisotopic (exact) mass is 272 g/mol.